The van der Waals surface area contributed by atoms with Gasteiger partial charge in [0.1, 0.15) is 23.0 Å². The predicted molar refractivity (Wildman–Crippen MR) is 93.3 cm³/mol. The number of rotatable bonds is 6. The molecule has 3 aromatic rings. The Morgan fingerprint density at radius 1 is 1.12 bits per heavy atom. The number of hydrogen-bond donors (Lipinski definition) is 1. The molecule has 0 saturated carbocycles. The Balaban J connectivity index is 1.66. The van der Waals surface area contributed by atoms with Crippen molar-refractivity contribution < 1.29 is 18.7 Å². The molecule has 6 heteroatoms. The molecule has 3 rings (SSSR count). The van der Waals surface area contributed by atoms with Crippen LogP contribution in [0, 0.1) is 0 Å². The second kappa shape index (κ2) is 7.53. The molecule has 25 heavy (non-hydrogen) atoms. The number of methoxy groups -OCH3 is 1. The molecular weight excluding hydrogens is 320 g/mol. The molecule has 0 aliphatic carbocycles. The summed E-state index contributed by atoms with van der Waals surface area (Å²) in [7, 11) is 1.61. The molecule has 1 heterocycles. The number of nitrogens with zero attached hydrogens (tertiary/aromatic N) is 1. The fourth-order valence-corrected chi connectivity index (χ4v) is 2.30. The van der Waals surface area contributed by atoms with E-state index in [0.29, 0.717) is 35.1 Å². The van der Waals surface area contributed by atoms with Crippen molar-refractivity contribution in [2.24, 2.45) is 0 Å². The van der Waals surface area contributed by atoms with Crippen molar-refractivity contribution in [2.75, 3.05) is 12.4 Å². The summed E-state index contributed by atoms with van der Waals surface area (Å²) in [4.78, 5) is 16.2. The van der Waals surface area contributed by atoms with E-state index in [1.54, 1.807) is 37.4 Å². The molecule has 0 unspecified atom stereocenters. The first-order valence-corrected chi connectivity index (χ1v) is 7.85. The number of oxazole rings is 1. The van der Waals surface area contributed by atoms with Crippen molar-refractivity contribution in [1.29, 1.82) is 0 Å². The zero-order valence-corrected chi connectivity index (χ0v) is 14.0. The molecular formula is C19H18N2O4. The summed E-state index contributed by atoms with van der Waals surface area (Å²) in [6, 6.07) is 14.4. The lowest BCUT2D eigenvalue weighted by Gasteiger charge is -2.09. The molecule has 0 spiro atoms. The average Bonchev–Trinajstić information content (AvgIpc) is 3.12. The monoisotopic (exact) mass is 338 g/mol. The Hall–Kier alpha value is -3.28. The van der Waals surface area contributed by atoms with Crippen molar-refractivity contribution in [3.63, 3.8) is 0 Å². The molecule has 2 aromatic carbocycles. The Bertz CT molecular complexity index is 856. The SMILES string of the molecule is CCc1ocnc1C(=O)Nc1ccc(Oc2cccc(OC)c2)cc1. The van der Waals surface area contributed by atoms with Gasteiger partial charge < -0.3 is 19.2 Å². The van der Waals surface area contributed by atoms with Gasteiger partial charge in [0, 0.05) is 18.2 Å². The van der Waals surface area contributed by atoms with Crippen LogP contribution in [0.1, 0.15) is 23.2 Å². The van der Waals surface area contributed by atoms with Crippen molar-refractivity contribution >= 4 is 11.6 Å². The van der Waals surface area contributed by atoms with Gasteiger partial charge in [-0.25, -0.2) is 4.98 Å². The number of amides is 1. The molecule has 0 aliphatic heterocycles. The summed E-state index contributed by atoms with van der Waals surface area (Å²) in [5.41, 5.74) is 0.951. The highest BCUT2D eigenvalue weighted by molar-refractivity contribution is 6.03. The smallest absolute Gasteiger partial charge is 0.277 e. The predicted octanol–water partition coefficient (Wildman–Crippen LogP) is 4.29. The average molecular weight is 338 g/mol. The highest BCUT2D eigenvalue weighted by Gasteiger charge is 2.15. The second-order valence-corrected chi connectivity index (χ2v) is 5.24. The highest BCUT2D eigenvalue weighted by atomic mass is 16.5. The number of benzene rings is 2. The lowest BCUT2D eigenvalue weighted by atomic mass is 10.2. The van der Waals surface area contributed by atoms with E-state index in [2.05, 4.69) is 10.3 Å². The highest BCUT2D eigenvalue weighted by Crippen LogP contribution is 2.26. The number of aryl methyl sites for hydroxylation is 1. The van der Waals surface area contributed by atoms with Gasteiger partial charge in [-0.15, -0.1) is 0 Å². The Morgan fingerprint density at radius 2 is 1.88 bits per heavy atom. The van der Waals surface area contributed by atoms with E-state index in [1.807, 2.05) is 25.1 Å². The number of hydrogen-bond acceptors (Lipinski definition) is 5. The van der Waals surface area contributed by atoms with Crippen molar-refractivity contribution in [1.82, 2.24) is 4.98 Å². The van der Waals surface area contributed by atoms with E-state index in [4.69, 9.17) is 13.9 Å². The Labute approximate surface area is 145 Å². The van der Waals surface area contributed by atoms with Crippen LogP contribution < -0.4 is 14.8 Å². The van der Waals surface area contributed by atoms with Gasteiger partial charge in [0.15, 0.2) is 12.1 Å². The van der Waals surface area contributed by atoms with Crippen molar-refractivity contribution in [3.05, 3.63) is 66.4 Å². The first kappa shape index (κ1) is 16.6. The van der Waals surface area contributed by atoms with E-state index in [0.717, 1.165) is 5.75 Å². The van der Waals surface area contributed by atoms with Crippen LogP contribution in [0.15, 0.2) is 59.3 Å². The Kier molecular flexibility index (Phi) is 4.99. The fourth-order valence-electron chi connectivity index (χ4n) is 2.30. The number of ether oxygens (including phenoxy) is 2. The summed E-state index contributed by atoms with van der Waals surface area (Å²) >= 11 is 0. The van der Waals surface area contributed by atoms with Crippen LogP contribution in [0.4, 0.5) is 5.69 Å². The summed E-state index contributed by atoms with van der Waals surface area (Å²) in [6.45, 7) is 1.90. The number of carbonyl (C=O) groups excluding carboxylic acids is 1. The second-order valence-electron chi connectivity index (χ2n) is 5.24. The third-order valence-corrected chi connectivity index (χ3v) is 3.57. The molecule has 128 valence electrons. The van der Waals surface area contributed by atoms with Crippen LogP contribution in [0.5, 0.6) is 17.2 Å². The minimum atomic E-state index is -0.299. The third-order valence-electron chi connectivity index (χ3n) is 3.57. The normalized spacial score (nSPS) is 10.3. The van der Waals surface area contributed by atoms with Crippen LogP contribution in [-0.2, 0) is 6.42 Å². The van der Waals surface area contributed by atoms with Crippen molar-refractivity contribution in [3.8, 4) is 17.2 Å². The van der Waals surface area contributed by atoms with E-state index < -0.39 is 0 Å². The van der Waals surface area contributed by atoms with Gasteiger partial charge in [-0.3, -0.25) is 4.79 Å². The third kappa shape index (κ3) is 3.98. The molecule has 0 saturated heterocycles. The largest absolute Gasteiger partial charge is 0.497 e. The first-order valence-electron chi connectivity index (χ1n) is 7.85. The van der Waals surface area contributed by atoms with Gasteiger partial charge in [-0.05, 0) is 36.4 Å². The molecule has 0 bridgehead atoms. The molecule has 0 radical (unpaired) electrons. The Morgan fingerprint density at radius 3 is 2.60 bits per heavy atom. The van der Waals surface area contributed by atoms with Gasteiger partial charge in [0.05, 0.1) is 7.11 Å². The molecule has 0 aliphatic rings. The van der Waals surface area contributed by atoms with Gasteiger partial charge >= 0.3 is 0 Å². The van der Waals surface area contributed by atoms with E-state index in [-0.39, 0.29) is 5.91 Å². The maximum atomic E-state index is 12.2. The van der Waals surface area contributed by atoms with Crippen LogP contribution in [0.2, 0.25) is 0 Å². The summed E-state index contributed by atoms with van der Waals surface area (Å²) in [6.07, 6.45) is 1.88. The van der Waals surface area contributed by atoms with Crippen LogP contribution in [-0.4, -0.2) is 18.0 Å². The summed E-state index contributed by atoms with van der Waals surface area (Å²) in [5, 5.41) is 2.79. The molecule has 0 atom stereocenters. The topological polar surface area (TPSA) is 73.6 Å². The van der Waals surface area contributed by atoms with Crippen LogP contribution in [0.25, 0.3) is 0 Å². The maximum absolute atomic E-state index is 12.2. The molecule has 6 nitrogen and oxygen atoms in total. The number of nitrogens with one attached hydrogen (secondary N) is 1. The quantitative estimate of drug-likeness (QED) is 0.726. The zero-order valence-electron chi connectivity index (χ0n) is 14.0. The first-order chi connectivity index (χ1) is 12.2. The maximum Gasteiger partial charge on any atom is 0.277 e. The molecule has 1 aromatic heterocycles. The summed E-state index contributed by atoms with van der Waals surface area (Å²) < 4.78 is 16.1. The number of carbonyl (C=O) groups is 1. The molecule has 0 fully saturated rings. The zero-order chi connectivity index (χ0) is 17.6. The van der Waals surface area contributed by atoms with Gasteiger partial charge in [0.25, 0.3) is 5.91 Å². The van der Waals surface area contributed by atoms with Crippen LogP contribution >= 0.6 is 0 Å². The molecule has 1 amide bonds. The minimum absolute atomic E-state index is 0.299. The van der Waals surface area contributed by atoms with Gasteiger partial charge in [-0.1, -0.05) is 13.0 Å². The summed E-state index contributed by atoms with van der Waals surface area (Å²) in [5.74, 6) is 2.32. The fraction of sp³-hybridized carbons (Fsp3) is 0.158. The van der Waals surface area contributed by atoms with Crippen molar-refractivity contribution in [2.45, 2.75) is 13.3 Å². The van der Waals surface area contributed by atoms with Gasteiger partial charge in [-0.2, -0.15) is 0 Å². The number of anilines is 1. The van der Waals surface area contributed by atoms with Crippen LogP contribution in [0.3, 0.4) is 0 Å². The lowest BCUT2D eigenvalue weighted by molar-refractivity contribution is 0.102. The van der Waals surface area contributed by atoms with E-state index >= 15 is 0 Å². The standard InChI is InChI=1S/C19H18N2O4/c1-3-17-18(20-12-24-17)19(22)21-13-7-9-14(10-8-13)25-16-6-4-5-15(11-16)23-2/h4-12H,3H2,1-2H3,(H,21,22). The van der Waals surface area contributed by atoms with Gasteiger partial charge in [0.2, 0.25) is 0 Å². The minimum Gasteiger partial charge on any atom is -0.497 e. The van der Waals surface area contributed by atoms with E-state index in [1.165, 1.54) is 6.39 Å². The lowest BCUT2D eigenvalue weighted by Crippen LogP contribution is -2.14. The molecule has 1 N–H and O–H groups in total. The van der Waals surface area contributed by atoms with E-state index in [9.17, 15) is 4.79 Å². The number of aromatic nitrogens is 1.